The molecule has 2 rings (SSSR count). The number of benzene rings is 1. The van der Waals surface area contributed by atoms with Crippen LogP contribution in [0.5, 0.6) is 0 Å². The summed E-state index contributed by atoms with van der Waals surface area (Å²) in [5.74, 6) is -1.67. The Morgan fingerprint density at radius 3 is 2.17 bits per heavy atom. The summed E-state index contributed by atoms with van der Waals surface area (Å²) < 4.78 is 5.11. The molecule has 162 valence electrons. The SMILES string of the molecule is CC(=O)Nc1ccc(NC(=O)[C@H](C)OC(=O)CCCN2C(=O)NC(C)(C)C2=O)cc1. The van der Waals surface area contributed by atoms with Gasteiger partial charge in [-0.1, -0.05) is 0 Å². The van der Waals surface area contributed by atoms with Crippen LogP contribution in [-0.2, 0) is 23.9 Å². The molecule has 1 atom stereocenters. The van der Waals surface area contributed by atoms with Crippen molar-refractivity contribution in [3.05, 3.63) is 24.3 Å². The number of rotatable bonds is 8. The Labute approximate surface area is 174 Å². The maximum Gasteiger partial charge on any atom is 0.325 e. The highest BCUT2D eigenvalue weighted by Gasteiger charge is 2.43. The van der Waals surface area contributed by atoms with Crippen molar-refractivity contribution in [2.24, 2.45) is 0 Å². The van der Waals surface area contributed by atoms with Gasteiger partial charge in [-0.3, -0.25) is 24.1 Å². The summed E-state index contributed by atoms with van der Waals surface area (Å²) in [7, 11) is 0. The first-order valence-electron chi connectivity index (χ1n) is 9.51. The van der Waals surface area contributed by atoms with Crippen LogP contribution in [0.3, 0.4) is 0 Å². The van der Waals surface area contributed by atoms with Crippen molar-refractivity contribution in [3.8, 4) is 0 Å². The molecule has 1 aliphatic rings. The van der Waals surface area contributed by atoms with E-state index in [1.807, 2.05) is 0 Å². The van der Waals surface area contributed by atoms with Gasteiger partial charge in [0.15, 0.2) is 6.10 Å². The molecule has 0 aliphatic carbocycles. The molecule has 1 aromatic carbocycles. The first-order valence-corrected chi connectivity index (χ1v) is 9.51. The van der Waals surface area contributed by atoms with E-state index in [1.165, 1.54) is 13.8 Å². The molecule has 1 saturated heterocycles. The van der Waals surface area contributed by atoms with Gasteiger partial charge >= 0.3 is 12.0 Å². The van der Waals surface area contributed by atoms with E-state index in [0.717, 1.165) is 4.90 Å². The van der Waals surface area contributed by atoms with Gasteiger partial charge in [0.1, 0.15) is 5.54 Å². The quantitative estimate of drug-likeness (QED) is 0.434. The summed E-state index contributed by atoms with van der Waals surface area (Å²) in [6.45, 7) is 6.14. The summed E-state index contributed by atoms with van der Waals surface area (Å²) in [6.07, 6.45) is -0.837. The largest absolute Gasteiger partial charge is 0.453 e. The summed E-state index contributed by atoms with van der Waals surface area (Å²) in [4.78, 5) is 60.1. The summed E-state index contributed by atoms with van der Waals surface area (Å²) in [6, 6.07) is 5.99. The Morgan fingerprint density at radius 2 is 1.67 bits per heavy atom. The molecule has 1 aromatic rings. The molecule has 1 fully saturated rings. The van der Waals surface area contributed by atoms with E-state index < -0.39 is 29.6 Å². The molecular weight excluding hydrogens is 392 g/mol. The molecule has 0 saturated carbocycles. The molecule has 0 bridgehead atoms. The van der Waals surface area contributed by atoms with E-state index in [2.05, 4.69) is 16.0 Å². The van der Waals surface area contributed by atoms with Crippen LogP contribution in [0.1, 0.15) is 40.5 Å². The average Bonchev–Trinajstić information content (AvgIpc) is 2.84. The molecular formula is C20H26N4O6. The van der Waals surface area contributed by atoms with Crippen molar-refractivity contribution in [1.29, 1.82) is 0 Å². The maximum absolute atomic E-state index is 12.2. The lowest BCUT2D eigenvalue weighted by atomic mass is 10.1. The molecule has 0 unspecified atom stereocenters. The van der Waals surface area contributed by atoms with E-state index in [9.17, 15) is 24.0 Å². The number of hydrogen-bond acceptors (Lipinski definition) is 6. The number of esters is 1. The van der Waals surface area contributed by atoms with Gasteiger partial charge in [-0.2, -0.15) is 0 Å². The molecule has 5 amide bonds. The minimum absolute atomic E-state index is 0.0411. The summed E-state index contributed by atoms with van der Waals surface area (Å²) >= 11 is 0. The van der Waals surface area contributed by atoms with Gasteiger partial charge in [0.25, 0.3) is 11.8 Å². The predicted molar refractivity (Wildman–Crippen MR) is 108 cm³/mol. The molecule has 1 heterocycles. The fourth-order valence-electron chi connectivity index (χ4n) is 2.80. The second-order valence-electron chi connectivity index (χ2n) is 7.50. The maximum atomic E-state index is 12.2. The zero-order chi connectivity index (χ0) is 22.5. The van der Waals surface area contributed by atoms with E-state index in [1.54, 1.807) is 38.1 Å². The highest BCUT2D eigenvalue weighted by atomic mass is 16.5. The van der Waals surface area contributed by atoms with Crippen molar-refractivity contribution in [2.45, 2.75) is 52.2 Å². The van der Waals surface area contributed by atoms with E-state index >= 15 is 0 Å². The number of nitrogens with zero attached hydrogens (tertiary/aromatic N) is 1. The van der Waals surface area contributed by atoms with Crippen molar-refractivity contribution < 1.29 is 28.7 Å². The summed E-state index contributed by atoms with van der Waals surface area (Å²) in [5.41, 5.74) is 0.122. The highest BCUT2D eigenvalue weighted by molar-refractivity contribution is 6.06. The third-order valence-electron chi connectivity index (χ3n) is 4.36. The third-order valence-corrected chi connectivity index (χ3v) is 4.36. The van der Waals surface area contributed by atoms with E-state index in [0.29, 0.717) is 11.4 Å². The molecule has 3 N–H and O–H groups in total. The molecule has 0 spiro atoms. The van der Waals surface area contributed by atoms with Gasteiger partial charge in [-0.25, -0.2) is 4.79 Å². The minimum Gasteiger partial charge on any atom is -0.453 e. The molecule has 0 radical (unpaired) electrons. The number of imide groups is 1. The van der Waals surface area contributed by atoms with Gasteiger partial charge < -0.3 is 20.7 Å². The third kappa shape index (κ3) is 6.03. The van der Waals surface area contributed by atoms with Gasteiger partial charge in [0.2, 0.25) is 5.91 Å². The van der Waals surface area contributed by atoms with Crippen LogP contribution in [0.2, 0.25) is 0 Å². The first kappa shape index (κ1) is 22.9. The number of carbonyl (C=O) groups is 5. The smallest absolute Gasteiger partial charge is 0.325 e. The lowest BCUT2D eigenvalue weighted by Gasteiger charge is -2.16. The Morgan fingerprint density at radius 1 is 1.10 bits per heavy atom. The Bertz CT molecular complexity index is 849. The van der Waals surface area contributed by atoms with Crippen LogP contribution in [0, 0.1) is 0 Å². The number of urea groups is 1. The molecule has 10 heteroatoms. The number of ether oxygens (including phenoxy) is 1. The monoisotopic (exact) mass is 418 g/mol. The number of amides is 5. The van der Waals surface area contributed by atoms with Crippen LogP contribution in [0.4, 0.5) is 16.2 Å². The molecule has 1 aliphatic heterocycles. The van der Waals surface area contributed by atoms with Crippen molar-refractivity contribution >= 4 is 41.1 Å². The van der Waals surface area contributed by atoms with Crippen LogP contribution >= 0.6 is 0 Å². The molecule has 0 aromatic heterocycles. The number of carbonyl (C=O) groups excluding carboxylic acids is 5. The lowest BCUT2D eigenvalue weighted by Crippen LogP contribution is -2.40. The number of nitrogens with one attached hydrogen (secondary N) is 3. The highest BCUT2D eigenvalue weighted by Crippen LogP contribution is 2.17. The van der Waals surface area contributed by atoms with Gasteiger partial charge in [0, 0.05) is 31.3 Å². The number of anilines is 2. The summed E-state index contributed by atoms with van der Waals surface area (Å²) in [5, 5.41) is 7.79. The fraction of sp³-hybridized carbons (Fsp3) is 0.450. The fourth-order valence-corrected chi connectivity index (χ4v) is 2.80. The standard InChI is InChI=1S/C20H26N4O6/c1-12(17(27)22-15-9-7-14(8-10-15)21-13(2)25)30-16(26)6-5-11-24-18(28)20(3,4)23-19(24)29/h7-10,12H,5-6,11H2,1-4H3,(H,21,25)(H,22,27)(H,23,29)/t12-/m0/s1. The van der Waals surface area contributed by atoms with Crippen molar-refractivity contribution in [3.63, 3.8) is 0 Å². The molecule has 10 nitrogen and oxygen atoms in total. The Hall–Kier alpha value is -3.43. The van der Waals surface area contributed by atoms with Crippen LogP contribution in [0.15, 0.2) is 24.3 Å². The van der Waals surface area contributed by atoms with Crippen molar-refractivity contribution in [2.75, 3.05) is 17.2 Å². The predicted octanol–water partition coefficient (Wildman–Crippen LogP) is 1.63. The van der Waals surface area contributed by atoms with Gasteiger partial charge in [-0.15, -0.1) is 0 Å². The Kier molecular flexibility index (Phi) is 7.14. The Balaban J connectivity index is 1.75. The minimum atomic E-state index is -1.02. The van der Waals surface area contributed by atoms with E-state index in [-0.39, 0.29) is 31.2 Å². The second kappa shape index (κ2) is 9.38. The topological polar surface area (TPSA) is 134 Å². The van der Waals surface area contributed by atoms with Gasteiger partial charge in [0.05, 0.1) is 0 Å². The first-order chi connectivity index (χ1) is 14.0. The molecule has 30 heavy (non-hydrogen) atoms. The zero-order valence-electron chi connectivity index (χ0n) is 17.4. The van der Waals surface area contributed by atoms with Crippen LogP contribution in [-0.4, -0.2) is 52.8 Å². The zero-order valence-corrected chi connectivity index (χ0v) is 17.4. The van der Waals surface area contributed by atoms with Gasteiger partial charge in [-0.05, 0) is 51.5 Å². The van der Waals surface area contributed by atoms with Crippen molar-refractivity contribution in [1.82, 2.24) is 10.2 Å². The number of hydrogen-bond donors (Lipinski definition) is 3. The van der Waals surface area contributed by atoms with Crippen LogP contribution < -0.4 is 16.0 Å². The lowest BCUT2D eigenvalue weighted by molar-refractivity contribution is -0.153. The van der Waals surface area contributed by atoms with Crippen LogP contribution in [0.25, 0.3) is 0 Å². The van der Waals surface area contributed by atoms with E-state index in [4.69, 9.17) is 4.74 Å². The second-order valence-corrected chi connectivity index (χ2v) is 7.50. The normalized spacial score (nSPS) is 15.9. The average molecular weight is 418 g/mol.